The summed E-state index contributed by atoms with van der Waals surface area (Å²) in [5, 5.41) is 12.7. The Kier molecular flexibility index (Phi) is 7.78. The van der Waals surface area contributed by atoms with Crippen LogP contribution in [0.15, 0.2) is 48.5 Å². The molecule has 1 saturated carbocycles. The number of nitrogens with one attached hydrogen (secondary N) is 1. The molecule has 0 bridgehead atoms. The Hall–Kier alpha value is -2.04. The Morgan fingerprint density at radius 2 is 1.64 bits per heavy atom. The Labute approximate surface area is 235 Å². The van der Waals surface area contributed by atoms with Crippen molar-refractivity contribution in [2.45, 2.75) is 16.7 Å². The zero-order chi connectivity index (χ0) is 26.4. The summed E-state index contributed by atoms with van der Waals surface area (Å²) in [4.78, 5) is 25.9. The molecular weight excluding hydrogens is 592 g/mol. The first kappa shape index (κ1) is 27.0. The fourth-order valence-electron chi connectivity index (χ4n) is 3.93. The lowest BCUT2D eigenvalue weighted by Gasteiger charge is -2.10. The van der Waals surface area contributed by atoms with Crippen LogP contribution in [-0.2, 0) is 11.2 Å². The van der Waals surface area contributed by atoms with E-state index in [1.807, 2.05) is 6.07 Å². The third-order valence-corrected chi connectivity index (χ3v) is 8.25. The summed E-state index contributed by atoms with van der Waals surface area (Å²) in [5.41, 5.74) is 1.36. The number of rotatable bonds is 6. The lowest BCUT2D eigenvalue weighted by Crippen LogP contribution is -2.17. The van der Waals surface area contributed by atoms with E-state index in [0.29, 0.717) is 11.1 Å². The number of Topliss-reactive ketones (excluding diaryl/α,β-unsaturated/α-hetero) is 1. The number of anilines is 1. The molecular formula is C25H13Cl6FN2O2. The molecule has 0 aliphatic heterocycles. The van der Waals surface area contributed by atoms with Crippen molar-refractivity contribution >= 4 is 87.0 Å². The smallest absolute Gasteiger partial charge is 0.231 e. The van der Waals surface area contributed by atoms with Crippen molar-refractivity contribution in [3.05, 3.63) is 96.7 Å². The maximum atomic E-state index is 13.4. The van der Waals surface area contributed by atoms with Gasteiger partial charge in [-0.25, -0.2) is 4.39 Å². The van der Waals surface area contributed by atoms with E-state index in [0.717, 1.165) is 6.07 Å². The van der Waals surface area contributed by atoms with E-state index in [1.54, 1.807) is 12.1 Å². The second-order valence-electron chi connectivity index (χ2n) is 8.13. The number of benzene rings is 3. The maximum Gasteiger partial charge on any atom is 0.231 e. The summed E-state index contributed by atoms with van der Waals surface area (Å²) in [6.07, 6.45) is -0.185. The van der Waals surface area contributed by atoms with Gasteiger partial charge in [-0.15, -0.1) is 23.2 Å². The largest absolute Gasteiger partial charge is 0.326 e. The molecule has 1 aliphatic rings. The van der Waals surface area contributed by atoms with Crippen LogP contribution in [0.2, 0.25) is 20.1 Å². The molecule has 0 spiro atoms. The monoisotopic (exact) mass is 602 g/mol. The Morgan fingerprint density at radius 3 is 2.28 bits per heavy atom. The minimum atomic E-state index is -1.41. The van der Waals surface area contributed by atoms with E-state index in [4.69, 9.17) is 69.6 Å². The van der Waals surface area contributed by atoms with Crippen LogP contribution in [0.1, 0.15) is 33.0 Å². The molecule has 1 N–H and O–H groups in total. The number of hydrogen-bond donors (Lipinski definition) is 1. The lowest BCUT2D eigenvalue weighted by molar-refractivity contribution is -0.117. The molecule has 2 atom stereocenters. The summed E-state index contributed by atoms with van der Waals surface area (Å²) in [6, 6.07) is 13.0. The Balaban J connectivity index is 1.53. The zero-order valence-electron chi connectivity index (χ0n) is 17.9. The first-order valence-corrected chi connectivity index (χ1v) is 12.5. The van der Waals surface area contributed by atoms with Crippen molar-refractivity contribution in [1.82, 2.24) is 0 Å². The van der Waals surface area contributed by atoms with Gasteiger partial charge in [0.2, 0.25) is 5.91 Å². The standard InChI is InChI=1S/C25H13Cl6FN2O2/c26-17-4-3-15(9-16(17)20(35)8-11-1-2-14(32)5-13(11)10-33)34-24(36)22-21(25(22,30)31)12-6-18(27)23(29)19(28)7-12/h1-7,9,21-22H,8H2,(H,34,36). The van der Waals surface area contributed by atoms with Crippen LogP contribution in [0.25, 0.3) is 0 Å². The van der Waals surface area contributed by atoms with E-state index >= 15 is 0 Å². The third-order valence-electron chi connectivity index (χ3n) is 5.78. The average Bonchev–Trinajstić information content (AvgIpc) is 3.41. The highest BCUT2D eigenvalue weighted by molar-refractivity contribution is 6.54. The molecule has 3 aromatic rings. The van der Waals surface area contributed by atoms with Gasteiger partial charge in [-0.05, 0) is 53.6 Å². The van der Waals surface area contributed by atoms with Crippen molar-refractivity contribution in [3.63, 3.8) is 0 Å². The molecule has 4 nitrogen and oxygen atoms in total. The third kappa shape index (κ3) is 5.31. The van der Waals surface area contributed by atoms with Crippen LogP contribution in [0.4, 0.5) is 10.1 Å². The Morgan fingerprint density at radius 1 is 0.972 bits per heavy atom. The summed E-state index contributed by atoms with van der Waals surface area (Å²) in [7, 11) is 0. The Bertz CT molecular complexity index is 1430. The molecule has 0 heterocycles. The van der Waals surface area contributed by atoms with Crippen molar-refractivity contribution in [1.29, 1.82) is 5.26 Å². The van der Waals surface area contributed by atoms with E-state index in [9.17, 15) is 19.2 Å². The predicted octanol–water partition coefficient (Wildman–Crippen LogP) is 8.26. The molecule has 36 heavy (non-hydrogen) atoms. The van der Waals surface area contributed by atoms with E-state index in [2.05, 4.69) is 5.32 Å². The summed E-state index contributed by atoms with van der Waals surface area (Å²) < 4.78 is 12.0. The number of carbonyl (C=O) groups is 2. The van der Waals surface area contributed by atoms with Gasteiger partial charge >= 0.3 is 0 Å². The van der Waals surface area contributed by atoms with E-state index < -0.39 is 33.7 Å². The normalized spacial score (nSPS) is 17.8. The topological polar surface area (TPSA) is 70.0 Å². The van der Waals surface area contributed by atoms with Crippen molar-refractivity contribution in [3.8, 4) is 6.07 Å². The van der Waals surface area contributed by atoms with Crippen LogP contribution >= 0.6 is 69.6 Å². The lowest BCUT2D eigenvalue weighted by atomic mass is 9.98. The van der Waals surface area contributed by atoms with E-state index in [-0.39, 0.29) is 43.3 Å². The first-order valence-electron chi connectivity index (χ1n) is 10.3. The quantitative estimate of drug-likeness (QED) is 0.175. The van der Waals surface area contributed by atoms with Crippen molar-refractivity contribution < 1.29 is 14.0 Å². The van der Waals surface area contributed by atoms with Crippen molar-refractivity contribution in [2.75, 3.05) is 5.32 Å². The van der Waals surface area contributed by atoms with Gasteiger partial charge in [-0.2, -0.15) is 5.26 Å². The van der Waals surface area contributed by atoms with Crippen LogP contribution in [-0.4, -0.2) is 16.0 Å². The molecule has 2 unspecified atom stereocenters. The van der Waals surface area contributed by atoms with Gasteiger partial charge in [0.25, 0.3) is 0 Å². The summed E-state index contributed by atoms with van der Waals surface area (Å²) >= 11 is 37.2. The van der Waals surface area contributed by atoms with Crippen LogP contribution in [0.3, 0.4) is 0 Å². The molecule has 1 aliphatic carbocycles. The number of alkyl halides is 2. The predicted molar refractivity (Wildman–Crippen MR) is 141 cm³/mol. The second-order valence-corrected chi connectivity index (χ2v) is 11.2. The summed E-state index contributed by atoms with van der Waals surface area (Å²) in [6.45, 7) is 0. The molecule has 3 aromatic carbocycles. The highest BCUT2D eigenvalue weighted by Gasteiger charge is 2.67. The molecule has 4 rings (SSSR count). The molecule has 0 radical (unpaired) electrons. The van der Waals surface area contributed by atoms with Gasteiger partial charge in [0.1, 0.15) is 10.2 Å². The van der Waals surface area contributed by atoms with Gasteiger partial charge < -0.3 is 5.32 Å². The number of amides is 1. The maximum absolute atomic E-state index is 13.4. The average molecular weight is 605 g/mol. The van der Waals surface area contributed by atoms with Gasteiger partial charge in [-0.3, -0.25) is 9.59 Å². The van der Waals surface area contributed by atoms with Gasteiger partial charge in [0, 0.05) is 23.6 Å². The molecule has 11 heteroatoms. The first-order chi connectivity index (χ1) is 16.9. The molecule has 184 valence electrons. The van der Waals surface area contributed by atoms with E-state index in [1.165, 1.54) is 30.3 Å². The summed E-state index contributed by atoms with van der Waals surface area (Å²) in [5.74, 6) is -2.91. The number of halogens is 7. The fourth-order valence-corrected chi connectivity index (χ4v) is 5.60. The minimum Gasteiger partial charge on any atom is -0.326 e. The second kappa shape index (κ2) is 10.4. The number of carbonyl (C=O) groups excluding carboxylic acids is 2. The van der Waals surface area contributed by atoms with Crippen LogP contribution in [0, 0.1) is 23.1 Å². The zero-order valence-corrected chi connectivity index (χ0v) is 22.4. The number of nitriles is 1. The molecule has 0 aromatic heterocycles. The van der Waals surface area contributed by atoms with Crippen LogP contribution < -0.4 is 5.32 Å². The minimum absolute atomic E-state index is 0.0478. The van der Waals surface area contributed by atoms with Gasteiger partial charge in [0.15, 0.2) is 5.78 Å². The number of ketones is 1. The SMILES string of the molecule is N#Cc1cc(F)ccc1CC(=O)c1cc(NC(=O)C2C(c3cc(Cl)c(Cl)c(Cl)c3)C2(Cl)Cl)ccc1Cl. The van der Waals surface area contributed by atoms with Crippen LogP contribution in [0.5, 0.6) is 0 Å². The molecule has 1 amide bonds. The van der Waals surface area contributed by atoms with Gasteiger partial charge in [-0.1, -0.05) is 52.5 Å². The number of hydrogen-bond acceptors (Lipinski definition) is 3. The highest BCUT2D eigenvalue weighted by Crippen LogP contribution is 2.65. The molecule has 1 fully saturated rings. The van der Waals surface area contributed by atoms with Gasteiger partial charge in [0.05, 0.1) is 37.6 Å². The number of nitrogens with zero attached hydrogens (tertiary/aromatic N) is 1. The van der Waals surface area contributed by atoms with Crippen molar-refractivity contribution in [2.24, 2.45) is 5.92 Å². The molecule has 0 saturated heterocycles. The fraction of sp³-hybridized carbons (Fsp3) is 0.160. The highest BCUT2D eigenvalue weighted by atomic mass is 35.5.